The van der Waals surface area contributed by atoms with Crippen molar-refractivity contribution in [2.45, 2.75) is 13.8 Å². The Balaban J connectivity index is 2.75. The number of methoxy groups -OCH3 is 1. The molecule has 110 valence electrons. The van der Waals surface area contributed by atoms with Gasteiger partial charge in [0.1, 0.15) is 0 Å². The molecule has 1 aromatic rings. The average Bonchev–Trinajstić information content (AvgIpc) is 2.47. The molecule has 0 unspecified atom stereocenters. The summed E-state index contributed by atoms with van der Waals surface area (Å²) in [6.07, 6.45) is 1.51. The van der Waals surface area contributed by atoms with E-state index >= 15 is 0 Å². The fourth-order valence-corrected chi connectivity index (χ4v) is 1.78. The van der Waals surface area contributed by atoms with Crippen LogP contribution in [-0.4, -0.2) is 43.8 Å². The minimum atomic E-state index is -0.0512. The maximum Gasteiger partial charge on any atom is 0.260 e. The molecule has 0 spiro atoms. The van der Waals surface area contributed by atoms with Crippen LogP contribution < -0.4 is 15.3 Å². The van der Waals surface area contributed by atoms with Crippen molar-refractivity contribution in [1.82, 2.24) is 4.90 Å². The second-order valence-electron chi connectivity index (χ2n) is 4.04. The Morgan fingerprint density at radius 1 is 1.35 bits per heavy atom. The van der Waals surface area contributed by atoms with Gasteiger partial charge in [-0.25, -0.2) is 0 Å². The van der Waals surface area contributed by atoms with E-state index in [-0.39, 0.29) is 12.5 Å². The topological polar surface area (TPSA) is 77.2 Å². The summed E-state index contributed by atoms with van der Waals surface area (Å²) in [5.74, 6) is 6.10. The number of carbonyl (C=O) groups excluding carboxylic acids is 1. The molecule has 0 fully saturated rings. The van der Waals surface area contributed by atoms with Crippen LogP contribution >= 0.6 is 0 Å². The number of benzene rings is 1. The number of ether oxygens (including phenoxy) is 2. The Morgan fingerprint density at radius 3 is 2.60 bits per heavy atom. The van der Waals surface area contributed by atoms with Crippen LogP contribution in [0.25, 0.3) is 0 Å². The molecule has 2 N–H and O–H groups in total. The maximum absolute atomic E-state index is 11.9. The van der Waals surface area contributed by atoms with Crippen molar-refractivity contribution in [3.8, 4) is 11.5 Å². The highest BCUT2D eigenvalue weighted by atomic mass is 16.5. The number of nitrogens with two attached hydrogens (primary N) is 1. The summed E-state index contributed by atoms with van der Waals surface area (Å²) < 4.78 is 10.7. The van der Waals surface area contributed by atoms with E-state index in [1.165, 1.54) is 13.3 Å². The Bertz CT molecular complexity index is 471. The van der Waals surface area contributed by atoms with Crippen molar-refractivity contribution in [3.05, 3.63) is 23.8 Å². The summed E-state index contributed by atoms with van der Waals surface area (Å²) >= 11 is 0. The number of likely N-dealkylation sites (N-methyl/N-ethyl adjacent to an activating group) is 1. The van der Waals surface area contributed by atoms with Gasteiger partial charge < -0.3 is 20.2 Å². The van der Waals surface area contributed by atoms with Crippen molar-refractivity contribution in [2.75, 3.05) is 26.8 Å². The summed E-state index contributed by atoms with van der Waals surface area (Å²) in [6.45, 7) is 5.19. The zero-order chi connectivity index (χ0) is 15.0. The molecule has 20 heavy (non-hydrogen) atoms. The zero-order valence-corrected chi connectivity index (χ0v) is 12.1. The van der Waals surface area contributed by atoms with E-state index in [2.05, 4.69) is 5.10 Å². The Morgan fingerprint density at radius 2 is 2.05 bits per heavy atom. The third kappa shape index (κ3) is 4.15. The van der Waals surface area contributed by atoms with Gasteiger partial charge >= 0.3 is 0 Å². The minimum absolute atomic E-state index is 0.0115. The molecule has 1 amide bonds. The minimum Gasteiger partial charge on any atom is -0.493 e. The van der Waals surface area contributed by atoms with Gasteiger partial charge in [0.2, 0.25) is 0 Å². The fraction of sp³-hybridized carbons (Fsp3) is 0.429. The molecule has 6 heteroatoms. The van der Waals surface area contributed by atoms with Gasteiger partial charge in [-0.1, -0.05) is 0 Å². The number of rotatable bonds is 7. The predicted octanol–water partition coefficient (Wildman–Crippen LogP) is 1.23. The summed E-state index contributed by atoms with van der Waals surface area (Å²) in [5, 5.41) is 3.45. The first-order valence-corrected chi connectivity index (χ1v) is 6.48. The lowest BCUT2D eigenvalue weighted by molar-refractivity contribution is -0.132. The molecule has 1 aromatic carbocycles. The summed E-state index contributed by atoms with van der Waals surface area (Å²) in [5.41, 5.74) is 0.798. The third-order valence-electron chi connectivity index (χ3n) is 2.88. The Labute approximate surface area is 119 Å². The third-order valence-corrected chi connectivity index (χ3v) is 2.88. The van der Waals surface area contributed by atoms with E-state index in [4.69, 9.17) is 15.3 Å². The lowest BCUT2D eigenvalue weighted by Crippen LogP contribution is -2.34. The molecular formula is C14H21N3O3. The highest BCUT2D eigenvalue weighted by molar-refractivity contribution is 5.81. The zero-order valence-electron chi connectivity index (χ0n) is 12.1. The Kier molecular flexibility index (Phi) is 6.36. The first kappa shape index (κ1) is 15.8. The molecule has 0 heterocycles. The molecule has 0 aliphatic carbocycles. The van der Waals surface area contributed by atoms with Crippen molar-refractivity contribution in [2.24, 2.45) is 10.9 Å². The van der Waals surface area contributed by atoms with Gasteiger partial charge in [0.25, 0.3) is 5.91 Å². The van der Waals surface area contributed by atoms with Crippen LogP contribution in [0.15, 0.2) is 23.3 Å². The monoisotopic (exact) mass is 279 g/mol. The molecule has 6 nitrogen and oxygen atoms in total. The molecule has 0 aliphatic rings. The normalized spacial score (nSPS) is 10.6. The average molecular weight is 279 g/mol. The second kappa shape index (κ2) is 8.04. The number of hydrogen-bond acceptors (Lipinski definition) is 5. The smallest absolute Gasteiger partial charge is 0.260 e. The van der Waals surface area contributed by atoms with Gasteiger partial charge in [-0.15, -0.1) is 0 Å². The van der Waals surface area contributed by atoms with Crippen LogP contribution in [0.3, 0.4) is 0 Å². The molecule has 0 radical (unpaired) electrons. The first-order chi connectivity index (χ1) is 9.65. The molecule has 0 atom stereocenters. The molecular weight excluding hydrogens is 258 g/mol. The van der Waals surface area contributed by atoms with E-state index < -0.39 is 0 Å². The van der Waals surface area contributed by atoms with Crippen molar-refractivity contribution >= 4 is 12.1 Å². The van der Waals surface area contributed by atoms with Gasteiger partial charge in [-0.3, -0.25) is 4.79 Å². The van der Waals surface area contributed by atoms with Crippen LogP contribution in [0.4, 0.5) is 0 Å². The van der Waals surface area contributed by atoms with E-state index in [1.54, 1.807) is 23.1 Å². The number of carbonyl (C=O) groups is 1. The summed E-state index contributed by atoms with van der Waals surface area (Å²) in [6, 6.07) is 5.26. The van der Waals surface area contributed by atoms with Crippen LogP contribution in [0.1, 0.15) is 19.4 Å². The Hall–Kier alpha value is -2.24. The molecule has 1 rings (SSSR count). The quantitative estimate of drug-likeness (QED) is 0.463. The molecule has 0 aliphatic heterocycles. The number of hydrazone groups is 1. The van der Waals surface area contributed by atoms with Gasteiger partial charge in [-0.05, 0) is 37.6 Å². The highest BCUT2D eigenvalue weighted by Crippen LogP contribution is 2.27. The standard InChI is InChI=1S/C14H21N3O3/c1-4-17(5-2)14(18)10-20-12-7-6-11(9-16-15)8-13(12)19-3/h6-9H,4-5,10,15H2,1-3H3. The molecule has 0 saturated heterocycles. The largest absolute Gasteiger partial charge is 0.493 e. The van der Waals surface area contributed by atoms with Crippen molar-refractivity contribution < 1.29 is 14.3 Å². The van der Waals surface area contributed by atoms with Crippen LogP contribution in [0, 0.1) is 0 Å². The first-order valence-electron chi connectivity index (χ1n) is 6.48. The summed E-state index contributed by atoms with van der Waals surface area (Å²) in [7, 11) is 1.54. The summed E-state index contributed by atoms with van der Waals surface area (Å²) in [4.78, 5) is 13.6. The SMILES string of the molecule is CCN(CC)C(=O)COc1ccc(C=NN)cc1OC. The number of amides is 1. The van der Waals surface area contributed by atoms with Gasteiger partial charge in [-0.2, -0.15) is 5.10 Å². The van der Waals surface area contributed by atoms with E-state index in [0.717, 1.165) is 5.56 Å². The lowest BCUT2D eigenvalue weighted by atomic mass is 10.2. The van der Waals surface area contributed by atoms with E-state index in [9.17, 15) is 4.79 Å². The fourth-order valence-electron chi connectivity index (χ4n) is 1.78. The van der Waals surface area contributed by atoms with Crippen LogP contribution in [0.2, 0.25) is 0 Å². The lowest BCUT2D eigenvalue weighted by Gasteiger charge is -2.19. The van der Waals surface area contributed by atoms with Gasteiger partial charge in [0, 0.05) is 13.1 Å². The highest BCUT2D eigenvalue weighted by Gasteiger charge is 2.12. The van der Waals surface area contributed by atoms with E-state index in [1.807, 2.05) is 13.8 Å². The van der Waals surface area contributed by atoms with E-state index in [0.29, 0.717) is 24.6 Å². The van der Waals surface area contributed by atoms with Crippen molar-refractivity contribution in [3.63, 3.8) is 0 Å². The number of nitrogens with zero attached hydrogens (tertiary/aromatic N) is 2. The van der Waals surface area contributed by atoms with Crippen LogP contribution in [-0.2, 0) is 4.79 Å². The molecule has 0 aromatic heterocycles. The second-order valence-corrected chi connectivity index (χ2v) is 4.04. The van der Waals surface area contributed by atoms with Crippen molar-refractivity contribution in [1.29, 1.82) is 0 Å². The maximum atomic E-state index is 11.9. The van der Waals surface area contributed by atoms with Gasteiger partial charge in [0.15, 0.2) is 18.1 Å². The predicted molar refractivity (Wildman–Crippen MR) is 78.2 cm³/mol. The number of hydrogen-bond donors (Lipinski definition) is 1. The van der Waals surface area contributed by atoms with Gasteiger partial charge in [0.05, 0.1) is 13.3 Å². The molecule has 0 saturated carbocycles. The molecule has 0 bridgehead atoms. The van der Waals surface area contributed by atoms with Crippen LogP contribution in [0.5, 0.6) is 11.5 Å².